The Kier molecular flexibility index (Phi) is 5.65. The third-order valence-electron chi connectivity index (χ3n) is 4.08. The molecule has 0 aromatic carbocycles. The number of carbonyl (C=O) groups excluding carboxylic acids is 2. The molecule has 0 radical (unpaired) electrons. The van der Waals surface area contributed by atoms with E-state index in [2.05, 4.69) is 16.0 Å². The zero-order valence-corrected chi connectivity index (χ0v) is 13.1. The van der Waals surface area contributed by atoms with Gasteiger partial charge >= 0.3 is 6.03 Å². The quantitative estimate of drug-likeness (QED) is 0.679. The van der Waals surface area contributed by atoms with E-state index >= 15 is 0 Å². The van der Waals surface area contributed by atoms with Gasteiger partial charge in [0.15, 0.2) is 0 Å². The molecule has 0 spiro atoms. The maximum atomic E-state index is 11.9. The van der Waals surface area contributed by atoms with Crippen molar-refractivity contribution in [1.29, 1.82) is 0 Å². The van der Waals surface area contributed by atoms with Crippen LogP contribution in [-0.2, 0) is 4.79 Å². The Morgan fingerprint density at radius 2 is 1.62 bits per heavy atom. The van der Waals surface area contributed by atoms with Crippen LogP contribution in [0.5, 0.6) is 0 Å². The van der Waals surface area contributed by atoms with Crippen molar-refractivity contribution in [2.75, 3.05) is 6.54 Å². The molecule has 118 valence electrons. The minimum Gasteiger partial charge on any atom is -0.348 e. The molecule has 2 aliphatic carbocycles. The summed E-state index contributed by atoms with van der Waals surface area (Å²) in [6.07, 6.45) is 8.12. The van der Waals surface area contributed by atoms with Crippen LogP contribution in [0.25, 0.3) is 0 Å². The minimum atomic E-state index is -0.102. The highest BCUT2D eigenvalue weighted by molar-refractivity contribution is 5.88. The van der Waals surface area contributed by atoms with Crippen molar-refractivity contribution in [1.82, 2.24) is 16.0 Å². The van der Waals surface area contributed by atoms with Crippen LogP contribution < -0.4 is 16.0 Å². The number of rotatable bonds is 5. The molecule has 21 heavy (non-hydrogen) atoms. The summed E-state index contributed by atoms with van der Waals surface area (Å²) in [6, 6.07) is -0.0312. The van der Waals surface area contributed by atoms with Gasteiger partial charge in [-0.25, -0.2) is 4.79 Å². The number of carbonyl (C=O) groups is 2. The van der Waals surface area contributed by atoms with Gasteiger partial charge in [-0.3, -0.25) is 4.79 Å². The third kappa shape index (κ3) is 5.78. The van der Waals surface area contributed by atoms with Crippen molar-refractivity contribution in [3.05, 3.63) is 11.6 Å². The van der Waals surface area contributed by atoms with Crippen molar-refractivity contribution in [3.8, 4) is 0 Å². The maximum Gasteiger partial charge on any atom is 0.315 e. The Labute approximate surface area is 126 Å². The number of urea groups is 1. The minimum absolute atomic E-state index is 0.0347. The molecule has 2 rings (SSSR count). The second kappa shape index (κ2) is 7.48. The predicted molar refractivity (Wildman–Crippen MR) is 82.9 cm³/mol. The van der Waals surface area contributed by atoms with E-state index in [1.807, 2.05) is 13.8 Å². The van der Waals surface area contributed by atoms with Gasteiger partial charge in [0.2, 0.25) is 5.91 Å². The van der Waals surface area contributed by atoms with Gasteiger partial charge in [-0.1, -0.05) is 18.4 Å². The van der Waals surface area contributed by atoms with Crippen LogP contribution in [0.1, 0.15) is 52.4 Å². The largest absolute Gasteiger partial charge is 0.348 e. The highest BCUT2D eigenvalue weighted by Gasteiger charge is 2.28. The fourth-order valence-electron chi connectivity index (χ4n) is 2.74. The lowest BCUT2D eigenvalue weighted by molar-refractivity contribution is -0.117. The van der Waals surface area contributed by atoms with Gasteiger partial charge in [-0.15, -0.1) is 0 Å². The van der Waals surface area contributed by atoms with Gasteiger partial charge < -0.3 is 16.0 Å². The summed E-state index contributed by atoms with van der Waals surface area (Å²) in [6.45, 7) is 4.58. The first-order valence-electron chi connectivity index (χ1n) is 8.04. The van der Waals surface area contributed by atoms with E-state index in [0.29, 0.717) is 5.92 Å². The highest BCUT2D eigenvalue weighted by atomic mass is 16.2. The molecule has 0 aromatic rings. The normalized spacial score (nSPS) is 24.9. The lowest BCUT2D eigenvalue weighted by Crippen LogP contribution is -2.55. The Hall–Kier alpha value is -1.52. The second-order valence-electron chi connectivity index (χ2n) is 6.53. The summed E-state index contributed by atoms with van der Waals surface area (Å²) in [5, 5.41) is 8.97. The Balaban J connectivity index is 1.81. The smallest absolute Gasteiger partial charge is 0.315 e. The Morgan fingerprint density at radius 3 is 2.19 bits per heavy atom. The Morgan fingerprint density at radius 1 is 1.00 bits per heavy atom. The van der Waals surface area contributed by atoms with E-state index < -0.39 is 0 Å². The van der Waals surface area contributed by atoms with Gasteiger partial charge in [0.05, 0.1) is 6.04 Å². The predicted octanol–water partition coefficient (Wildman–Crippen LogP) is 2.09. The van der Waals surface area contributed by atoms with Crippen molar-refractivity contribution >= 4 is 11.9 Å². The molecular weight excluding hydrogens is 266 g/mol. The maximum absolute atomic E-state index is 11.9. The van der Waals surface area contributed by atoms with E-state index in [9.17, 15) is 9.59 Å². The van der Waals surface area contributed by atoms with Gasteiger partial charge in [-0.2, -0.15) is 0 Å². The first kappa shape index (κ1) is 15.9. The molecule has 5 heteroatoms. The number of nitrogens with one attached hydrogen (secondary N) is 3. The van der Waals surface area contributed by atoms with E-state index in [-0.39, 0.29) is 24.0 Å². The summed E-state index contributed by atoms with van der Waals surface area (Å²) < 4.78 is 0. The molecule has 0 bridgehead atoms. The average molecular weight is 293 g/mol. The summed E-state index contributed by atoms with van der Waals surface area (Å²) in [5.74, 6) is 0.613. The van der Waals surface area contributed by atoms with Crippen LogP contribution in [0.2, 0.25) is 0 Å². The van der Waals surface area contributed by atoms with Gasteiger partial charge in [0, 0.05) is 18.7 Å². The first-order chi connectivity index (χ1) is 10.0. The summed E-state index contributed by atoms with van der Waals surface area (Å²) in [4.78, 5) is 23.8. The van der Waals surface area contributed by atoms with E-state index in [4.69, 9.17) is 0 Å². The van der Waals surface area contributed by atoms with Crippen LogP contribution in [0.3, 0.4) is 0 Å². The molecule has 0 saturated heterocycles. The van der Waals surface area contributed by atoms with E-state index in [0.717, 1.165) is 37.8 Å². The van der Waals surface area contributed by atoms with Gasteiger partial charge in [0.25, 0.3) is 0 Å². The van der Waals surface area contributed by atoms with Crippen LogP contribution >= 0.6 is 0 Å². The van der Waals surface area contributed by atoms with Crippen molar-refractivity contribution in [3.63, 3.8) is 0 Å². The molecule has 0 aliphatic heterocycles. The molecular formula is C16H27N3O2. The van der Waals surface area contributed by atoms with Crippen molar-refractivity contribution < 1.29 is 9.59 Å². The summed E-state index contributed by atoms with van der Waals surface area (Å²) in [5.41, 5.74) is 0.981. The van der Waals surface area contributed by atoms with Crippen molar-refractivity contribution in [2.45, 2.75) is 64.5 Å². The van der Waals surface area contributed by atoms with E-state index in [1.54, 1.807) is 6.08 Å². The fraction of sp³-hybridized carbons (Fsp3) is 0.750. The van der Waals surface area contributed by atoms with Crippen LogP contribution in [0.15, 0.2) is 11.6 Å². The Bertz CT molecular complexity index is 412. The lowest BCUT2D eigenvalue weighted by Gasteiger charge is -2.32. The van der Waals surface area contributed by atoms with E-state index in [1.165, 1.54) is 12.8 Å². The molecule has 0 aromatic heterocycles. The molecule has 5 nitrogen and oxygen atoms in total. The fourth-order valence-corrected chi connectivity index (χ4v) is 2.74. The zero-order chi connectivity index (χ0) is 15.2. The number of hydrogen-bond acceptors (Lipinski definition) is 2. The van der Waals surface area contributed by atoms with Crippen LogP contribution in [0, 0.1) is 5.92 Å². The standard InChI is InChI=1S/C16H27N3O2/c1-11(2)9-15(20)18-13-5-3-4-6-14(13)19-16(21)17-10-12-7-8-12/h9,12-14H,3-8,10H2,1-2H3,(H,18,20)(H2,17,19,21). The van der Waals surface area contributed by atoms with Crippen molar-refractivity contribution in [2.24, 2.45) is 5.92 Å². The first-order valence-corrected chi connectivity index (χ1v) is 8.04. The zero-order valence-electron chi connectivity index (χ0n) is 13.1. The summed E-state index contributed by atoms with van der Waals surface area (Å²) >= 11 is 0. The highest BCUT2D eigenvalue weighted by Crippen LogP contribution is 2.27. The monoisotopic (exact) mass is 293 g/mol. The molecule has 2 fully saturated rings. The molecule has 2 aliphatic rings. The SMILES string of the molecule is CC(C)=CC(=O)NC1CCCCC1NC(=O)NCC1CC1. The third-order valence-corrected chi connectivity index (χ3v) is 4.08. The molecule has 3 amide bonds. The molecule has 2 atom stereocenters. The molecule has 3 N–H and O–H groups in total. The lowest BCUT2D eigenvalue weighted by atomic mass is 9.90. The van der Waals surface area contributed by atoms with Crippen LogP contribution in [-0.4, -0.2) is 30.6 Å². The van der Waals surface area contributed by atoms with Gasteiger partial charge in [-0.05, 0) is 45.4 Å². The summed E-state index contributed by atoms with van der Waals surface area (Å²) in [7, 11) is 0. The van der Waals surface area contributed by atoms with Gasteiger partial charge in [0.1, 0.15) is 0 Å². The molecule has 2 unspecified atom stereocenters. The topological polar surface area (TPSA) is 70.2 Å². The second-order valence-corrected chi connectivity index (χ2v) is 6.53. The average Bonchev–Trinajstić information content (AvgIpc) is 3.22. The number of allylic oxidation sites excluding steroid dienone is 1. The number of amides is 3. The number of hydrogen-bond donors (Lipinski definition) is 3. The van der Waals surface area contributed by atoms with Crippen LogP contribution in [0.4, 0.5) is 4.79 Å². The molecule has 0 heterocycles. The molecule has 2 saturated carbocycles.